The highest BCUT2D eigenvalue weighted by Gasteiger charge is 2.01. The van der Waals surface area contributed by atoms with Gasteiger partial charge in [0.05, 0.1) is 17.7 Å². The fraction of sp³-hybridized carbons (Fsp3) is 0.450. The lowest BCUT2D eigenvalue weighted by molar-refractivity contribution is -0.137. The normalized spacial score (nSPS) is 19.5. The van der Waals surface area contributed by atoms with Crippen LogP contribution in [-0.2, 0) is 4.79 Å². The summed E-state index contributed by atoms with van der Waals surface area (Å²) in [4.78, 5) is 10.4. The maximum Gasteiger partial charge on any atom is 0.303 e. The Morgan fingerprint density at radius 1 is 1.08 bits per heavy atom. The predicted octanol–water partition coefficient (Wildman–Crippen LogP) is 3.93. The zero-order chi connectivity index (χ0) is 21.5. The zero-order valence-corrected chi connectivity index (χ0v) is 14.1. The van der Waals surface area contributed by atoms with E-state index in [-0.39, 0.29) is 49.9 Å². The summed E-state index contributed by atoms with van der Waals surface area (Å²) in [5, 5.41) is 27.7. The van der Waals surface area contributed by atoms with Crippen molar-refractivity contribution in [1.29, 1.82) is 0 Å². The molecule has 0 bridgehead atoms. The van der Waals surface area contributed by atoms with Gasteiger partial charge in [-0.3, -0.25) is 4.79 Å². The Labute approximate surface area is 150 Å². The van der Waals surface area contributed by atoms with E-state index >= 15 is 0 Å². The van der Waals surface area contributed by atoms with Crippen LogP contribution in [0.25, 0.3) is 0 Å². The first-order valence-corrected chi connectivity index (χ1v) is 8.10. The lowest BCUT2D eigenvalue weighted by atomic mass is 10.1. The van der Waals surface area contributed by atoms with Gasteiger partial charge in [0.15, 0.2) is 0 Å². The summed E-state index contributed by atoms with van der Waals surface area (Å²) in [7, 11) is 0. The molecule has 134 valence electrons. The van der Waals surface area contributed by atoms with Crippen molar-refractivity contribution < 1.29 is 25.6 Å². The molecule has 0 aliphatic rings. The summed E-state index contributed by atoms with van der Waals surface area (Å²) in [6.45, 7) is 1.82. The minimum atomic E-state index is -1.15. The summed E-state index contributed by atoms with van der Waals surface area (Å²) in [5.74, 6) is -0.960. The Kier molecular flexibility index (Phi) is 10.4. The van der Waals surface area contributed by atoms with Gasteiger partial charge in [-0.2, -0.15) is 0 Å². The van der Waals surface area contributed by atoms with E-state index in [1.165, 1.54) is 18.2 Å². The molecule has 0 rings (SSSR count). The van der Waals surface area contributed by atoms with Gasteiger partial charge in [-0.05, 0) is 32.1 Å². The molecule has 0 heterocycles. The van der Waals surface area contributed by atoms with Gasteiger partial charge in [0.1, 0.15) is 0 Å². The summed E-state index contributed by atoms with van der Waals surface area (Å²) in [5.41, 5.74) is 0. The molecular formula is C20H30O4. The molecule has 0 aliphatic carbocycles. The summed E-state index contributed by atoms with van der Waals surface area (Å²) >= 11 is 0. The monoisotopic (exact) mass is 338 g/mol. The maximum atomic E-state index is 10.4. The third-order valence-corrected chi connectivity index (χ3v) is 2.90. The molecule has 0 fully saturated rings. The van der Waals surface area contributed by atoms with E-state index in [4.69, 9.17) is 10.6 Å². The quantitative estimate of drug-likeness (QED) is 0.351. The van der Waals surface area contributed by atoms with Crippen LogP contribution in [0.2, 0.25) is 0 Å². The Hall–Kier alpha value is -1.91. The third kappa shape index (κ3) is 16.5. The van der Waals surface area contributed by atoms with Gasteiger partial charge in [0.2, 0.25) is 0 Å². The lowest BCUT2D eigenvalue weighted by Crippen LogP contribution is -2.03. The fourth-order valence-electron chi connectivity index (χ4n) is 1.52. The van der Waals surface area contributed by atoms with E-state index in [2.05, 4.69) is 0 Å². The fourth-order valence-corrected chi connectivity index (χ4v) is 1.52. The molecule has 0 unspecified atom stereocenters. The van der Waals surface area contributed by atoms with Crippen molar-refractivity contribution >= 4 is 5.97 Å². The van der Waals surface area contributed by atoms with E-state index in [0.29, 0.717) is 12.8 Å². The van der Waals surface area contributed by atoms with Crippen LogP contribution in [-0.4, -0.2) is 33.5 Å². The average Bonchev–Trinajstić information content (AvgIpc) is 2.66. The van der Waals surface area contributed by atoms with Crippen LogP contribution in [0.4, 0.5) is 0 Å². The number of rotatable bonds is 13. The molecule has 0 amide bonds. The molecule has 0 aromatic carbocycles. The lowest BCUT2D eigenvalue weighted by Gasteiger charge is -2.02. The van der Waals surface area contributed by atoms with E-state index in [9.17, 15) is 15.0 Å². The number of aliphatic hydroxyl groups is 2. The van der Waals surface area contributed by atoms with Gasteiger partial charge >= 0.3 is 5.97 Å². The summed E-state index contributed by atoms with van der Waals surface area (Å²) in [6, 6.07) is -0.217. The van der Waals surface area contributed by atoms with Gasteiger partial charge in [0.25, 0.3) is 0 Å². The van der Waals surface area contributed by atoms with Crippen LogP contribution >= 0.6 is 0 Å². The van der Waals surface area contributed by atoms with Crippen LogP contribution < -0.4 is 0 Å². The second-order valence-electron chi connectivity index (χ2n) is 5.06. The number of aliphatic hydroxyl groups excluding tert-OH is 2. The van der Waals surface area contributed by atoms with E-state index in [0.717, 1.165) is 0 Å². The molecule has 0 radical (unpaired) electrons. The molecule has 0 aromatic rings. The number of aliphatic carboxylic acids is 1. The largest absolute Gasteiger partial charge is 0.481 e. The number of carboxylic acid groups (broad SMARTS) is 1. The molecule has 0 aliphatic heterocycles. The van der Waals surface area contributed by atoms with Gasteiger partial charge in [-0.15, -0.1) is 0 Å². The topological polar surface area (TPSA) is 77.8 Å². The van der Waals surface area contributed by atoms with E-state index in [1.54, 1.807) is 18.2 Å². The SMILES string of the molecule is [2H]C(/C=C/[C@H](O)CC)=C(\[2H])C/C=C\C/C=C/C([2H])=C(/[2H])[C@@H](O)CCCC(=O)O. The van der Waals surface area contributed by atoms with Crippen molar-refractivity contribution in [3.05, 3.63) is 60.7 Å². The molecule has 2 atom stereocenters. The molecular weight excluding hydrogens is 304 g/mol. The van der Waals surface area contributed by atoms with Crippen molar-refractivity contribution in [2.45, 2.75) is 57.7 Å². The van der Waals surface area contributed by atoms with Crippen molar-refractivity contribution in [2.24, 2.45) is 0 Å². The van der Waals surface area contributed by atoms with Crippen molar-refractivity contribution in [3.8, 4) is 0 Å². The molecule has 4 heteroatoms. The van der Waals surface area contributed by atoms with Crippen LogP contribution in [0.1, 0.15) is 50.9 Å². The smallest absolute Gasteiger partial charge is 0.303 e. The minimum absolute atomic E-state index is 0.0415. The Morgan fingerprint density at radius 2 is 1.83 bits per heavy atom. The molecule has 0 saturated heterocycles. The number of hydrogen-bond donors (Lipinski definition) is 3. The summed E-state index contributed by atoms with van der Waals surface area (Å²) in [6.07, 6.45) is 9.24. The van der Waals surface area contributed by atoms with E-state index in [1.807, 2.05) is 6.92 Å². The molecule has 24 heavy (non-hydrogen) atoms. The highest BCUT2D eigenvalue weighted by molar-refractivity contribution is 5.66. The Balaban J connectivity index is 4.47. The predicted molar refractivity (Wildman–Crippen MR) is 98.7 cm³/mol. The Bertz CT molecular complexity index is 636. The number of allylic oxidation sites excluding steroid dienone is 8. The van der Waals surface area contributed by atoms with Crippen molar-refractivity contribution in [1.82, 2.24) is 0 Å². The first-order chi connectivity index (χ1) is 13.2. The molecule has 0 aromatic heterocycles. The van der Waals surface area contributed by atoms with Gasteiger partial charge < -0.3 is 15.3 Å². The standard InChI is InChI=1S/C20H30O4/c1-2-18(21)14-11-9-7-5-3-4-6-8-10-12-15-19(22)16-13-17-20(23)24/h3-4,7-12,14-15,18-19,21-22H,2,5-6,13,16-17H2,1H3,(H,23,24)/b4-3-,9-7-,10-8+,14-11+,15-12-/t18-,19-/m1/s1/i7D,9D,12D,15D. The summed E-state index contributed by atoms with van der Waals surface area (Å²) < 4.78 is 31.0. The van der Waals surface area contributed by atoms with Gasteiger partial charge in [0, 0.05) is 6.42 Å². The molecule has 0 spiro atoms. The van der Waals surface area contributed by atoms with Gasteiger partial charge in [-0.1, -0.05) is 67.6 Å². The highest BCUT2D eigenvalue weighted by atomic mass is 16.4. The second-order valence-corrected chi connectivity index (χ2v) is 5.06. The van der Waals surface area contributed by atoms with E-state index < -0.39 is 18.2 Å². The van der Waals surface area contributed by atoms with Crippen molar-refractivity contribution in [2.75, 3.05) is 0 Å². The van der Waals surface area contributed by atoms with Crippen molar-refractivity contribution in [3.63, 3.8) is 0 Å². The third-order valence-electron chi connectivity index (χ3n) is 2.90. The van der Waals surface area contributed by atoms with Crippen LogP contribution in [0.15, 0.2) is 60.7 Å². The minimum Gasteiger partial charge on any atom is -0.481 e. The number of carbonyl (C=O) groups is 1. The second kappa shape index (κ2) is 16.0. The average molecular weight is 338 g/mol. The van der Waals surface area contributed by atoms with Crippen LogP contribution in [0.5, 0.6) is 0 Å². The molecule has 0 saturated carbocycles. The highest BCUT2D eigenvalue weighted by Crippen LogP contribution is 2.02. The van der Waals surface area contributed by atoms with Crippen LogP contribution in [0, 0.1) is 0 Å². The van der Waals surface area contributed by atoms with Crippen LogP contribution in [0.3, 0.4) is 0 Å². The maximum absolute atomic E-state index is 10.4. The number of hydrogen-bond acceptors (Lipinski definition) is 3. The van der Waals surface area contributed by atoms with Gasteiger partial charge in [-0.25, -0.2) is 0 Å². The number of carboxylic acids is 1. The first-order valence-electron chi connectivity index (χ1n) is 10.1. The molecule has 4 nitrogen and oxygen atoms in total. The first kappa shape index (κ1) is 15.6. The molecule has 3 N–H and O–H groups in total. The Morgan fingerprint density at radius 3 is 2.54 bits per heavy atom. The zero-order valence-electron chi connectivity index (χ0n) is 18.1.